The smallest absolute Gasteiger partial charge is 0.263 e. The zero-order valence-electron chi connectivity index (χ0n) is 7.02. The molecule has 9 heteroatoms. The molecule has 0 heterocycles. The van der Waals surface area contributed by atoms with Crippen molar-refractivity contribution in [2.24, 2.45) is 17.8 Å². The van der Waals surface area contributed by atoms with Crippen LogP contribution in [-0.2, 0) is 0 Å². The summed E-state index contributed by atoms with van der Waals surface area (Å²) in [6.07, 6.45) is 0. The second-order valence-electron chi connectivity index (χ2n) is 4.65. The fourth-order valence-corrected chi connectivity index (χ4v) is 4.89. The molecule has 0 saturated heterocycles. The first-order chi connectivity index (χ1) is 6.95. The highest BCUT2D eigenvalue weighted by atomic mass is 16.7. The van der Waals surface area contributed by atoms with E-state index in [9.17, 15) is 30.3 Å². The molecule has 5 aliphatic rings. The Morgan fingerprint density at radius 2 is 0.867 bits per heavy atom. The number of rotatable bonds is 3. The van der Waals surface area contributed by atoms with Crippen LogP contribution in [0.4, 0.5) is 0 Å². The third-order valence-electron chi connectivity index (χ3n) is 5.01. The highest BCUT2D eigenvalue weighted by molar-refractivity contribution is 5.72. The second-order valence-corrected chi connectivity index (χ2v) is 4.65. The van der Waals surface area contributed by atoms with Crippen LogP contribution < -0.4 is 0 Å². The molecule has 0 N–H and O–H groups in total. The van der Waals surface area contributed by atoms with Gasteiger partial charge in [0.1, 0.15) is 0 Å². The Morgan fingerprint density at radius 3 is 1.00 bits per heavy atom. The summed E-state index contributed by atoms with van der Waals surface area (Å²) >= 11 is 0. The van der Waals surface area contributed by atoms with E-state index in [1.54, 1.807) is 0 Å². The summed E-state index contributed by atoms with van der Waals surface area (Å²) in [4.78, 5) is 30.1. The predicted octanol–water partition coefficient (Wildman–Crippen LogP) is -1.06. The summed E-state index contributed by atoms with van der Waals surface area (Å²) in [5.41, 5.74) is -5.58. The van der Waals surface area contributed by atoms with Crippen LogP contribution in [0.25, 0.3) is 0 Å². The topological polar surface area (TPSA) is 129 Å². The Balaban J connectivity index is 1.96. The van der Waals surface area contributed by atoms with Crippen molar-refractivity contribution in [3.05, 3.63) is 30.3 Å². The monoisotopic (exact) mass is 213 g/mol. The van der Waals surface area contributed by atoms with Gasteiger partial charge in [0, 0.05) is 14.8 Å². The van der Waals surface area contributed by atoms with Gasteiger partial charge < -0.3 is 0 Å². The van der Waals surface area contributed by atoms with E-state index in [1.165, 1.54) is 0 Å². The van der Waals surface area contributed by atoms with E-state index in [2.05, 4.69) is 0 Å². The van der Waals surface area contributed by atoms with Crippen molar-refractivity contribution in [1.29, 1.82) is 0 Å². The number of nitrogens with zero attached hydrogens (tertiary/aromatic N) is 3. The summed E-state index contributed by atoms with van der Waals surface area (Å²) < 4.78 is 0. The molecule has 5 rings (SSSR count). The summed E-state index contributed by atoms with van der Waals surface area (Å²) in [6.45, 7) is 0. The molecule has 0 aromatic rings. The minimum absolute atomic E-state index is 0.400. The molecule has 0 aromatic heterocycles. The predicted molar refractivity (Wildman–Crippen MR) is 39.6 cm³/mol. The van der Waals surface area contributed by atoms with Crippen LogP contribution in [0.3, 0.4) is 0 Å². The molecular formula is C6H3N3O6. The molecule has 5 aliphatic carbocycles. The average Bonchev–Trinajstić information content (AvgIpc) is 2.54. The van der Waals surface area contributed by atoms with E-state index in [0.717, 1.165) is 0 Å². The van der Waals surface area contributed by atoms with Crippen LogP contribution in [0, 0.1) is 48.1 Å². The van der Waals surface area contributed by atoms with Gasteiger partial charge in [-0.05, 0) is 0 Å². The minimum Gasteiger partial charge on any atom is -0.263 e. The lowest BCUT2D eigenvalue weighted by molar-refractivity contribution is -0.642. The molecule has 78 valence electrons. The Hall–Kier alpha value is -1.80. The number of hydrogen-bond acceptors (Lipinski definition) is 6. The molecule has 15 heavy (non-hydrogen) atoms. The van der Waals surface area contributed by atoms with Gasteiger partial charge >= 0.3 is 16.6 Å². The van der Waals surface area contributed by atoms with Gasteiger partial charge in [0.25, 0.3) is 0 Å². The van der Waals surface area contributed by atoms with E-state index in [4.69, 9.17) is 0 Å². The zero-order valence-corrected chi connectivity index (χ0v) is 7.02. The molecule has 5 saturated carbocycles. The maximum atomic E-state index is 10.8. The largest absolute Gasteiger partial charge is 0.378 e. The summed E-state index contributed by atoms with van der Waals surface area (Å²) in [5, 5.41) is 32.4. The molecule has 0 unspecified atom stereocenters. The third-order valence-corrected chi connectivity index (χ3v) is 5.01. The lowest BCUT2D eigenvalue weighted by Gasteiger charge is -2.15. The van der Waals surface area contributed by atoms with Crippen LogP contribution in [0.2, 0.25) is 0 Å². The van der Waals surface area contributed by atoms with Gasteiger partial charge in [-0.2, -0.15) is 0 Å². The lowest BCUT2D eigenvalue weighted by atomic mass is 9.88. The van der Waals surface area contributed by atoms with Crippen molar-refractivity contribution in [2.45, 2.75) is 16.6 Å². The maximum Gasteiger partial charge on any atom is 0.378 e. The molecule has 0 atom stereocenters. The van der Waals surface area contributed by atoms with Gasteiger partial charge in [-0.15, -0.1) is 0 Å². The highest BCUT2D eigenvalue weighted by Gasteiger charge is 3.44. The molecule has 0 radical (unpaired) electrons. The normalized spacial score (nSPS) is 64.4. The average molecular weight is 213 g/mol. The minimum atomic E-state index is -1.86. The van der Waals surface area contributed by atoms with Gasteiger partial charge in [-0.25, -0.2) is 0 Å². The van der Waals surface area contributed by atoms with Crippen LogP contribution in [0.5, 0.6) is 0 Å². The molecular weight excluding hydrogens is 210 g/mol. The Kier molecular flexibility index (Phi) is 0.653. The van der Waals surface area contributed by atoms with Crippen molar-refractivity contribution >= 4 is 0 Å². The Morgan fingerprint density at radius 1 is 0.667 bits per heavy atom. The number of nitro groups is 3. The van der Waals surface area contributed by atoms with Gasteiger partial charge in [0.15, 0.2) is 0 Å². The Labute approximate surface area is 80.5 Å². The van der Waals surface area contributed by atoms with Gasteiger partial charge in [0.2, 0.25) is 0 Å². The summed E-state index contributed by atoms with van der Waals surface area (Å²) in [6, 6.07) is 0. The maximum absolute atomic E-state index is 10.8. The van der Waals surface area contributed by atoms with Gasteiger partial charge in [-0.3, -0.25) is 30.3 Å². The third kappa shape index (κ3) is 0.265. The quantitative estimate of drug-likeness (QED) is 0.433. The van der Waals surface area contributed by atoms with Crippen LogP contribution in [-0.4, -0.2) is 31.4 Å². The van der Waals surface area contributed by atoms with Crippen molar-refractivity contribution in [3.8, 4) is 0 Å². The van der Waals surface area contributed by atoms with Crippen molar-refractivity contribution in [2.75, 3.05) is 0 Å². The summed E-state index contributed by atoms with van der Waals surface area (Å²) in [7, 11) is 0. The molecule has 5 fully saturated rings. The molecule has 0 bridgehead atoms. The Bertz CT molecular complexity index is 416. The molecule has 0 spiro atoms. The second kappa shape index (κ2) is 1.31. The zero-order chi connectivity index (χ0) is 11.0. The lowest BCUT2D eigenvalue weighted by Crippen LogP contribution is -2.50. The van der Waals surface area contributed by atoms with Crippen molar-refractivity contribution in [1.82, 2.24) is 0 Å². The standard InChI is InChI=1S/C6H3N3O6/c10-7(11)4-1-2-3(1)6(4,9(14)15)5(2,4)8(12)13/h1-3H. The fourth-order valence-electron chi connectivity index (χ4n) is 4.89. The molecule has 0 aliphatic heterocycles. The van der Waals surface area contributed by atoms with E-state index < -0.39 is 49.1 Å². The van der Waals surface area contributed by atoms with E-state index >= 15 is 0 Å². The van der Waals surface area contributed by atoms with Crippen LogP contribution >= 0.6 is 0 Å². The fraction of sp³-hybridized carbons (Fsp3) is 1.00. The van der Waals surface area contributed by atoms with E-state index in [-0.39, 0.29) is 0 Å². The van der Waals surface area contributed by atoms with Gasteiger partial charge in [-0.1, -0.05) is 0 Å². The highest BCUT2D eigenvalue weighted by Crippen LogP contribution is 3.08. The SMILES string of the molecule is O=[N+]([O-])C12C3C4C3C1([N+](=O)[O-])C42[N+](=O)[O-]. The number of hydrogen-bond donors (Lipinski definition) is 0. The van der Waals surface area contributed by atoms with Crippen LogP contribution in [0.1, 0.15) is 0 Å². The molecule has 0 aromatic carbocycles. The van der Waals surface area contributed by atoms with E-state index in [1.807, 2.05) is 0 Å². The van der Waals surface area contributed by atoms with Crippen LogP contribution in [0.15, 0.2) is 0 Å². The van der Waals surface area contributed by atoms with E-state index in [0.29, 0.717) is 0 Å². The van der Waals surface area contributed by atoms with Crippen molar-refractivity contribution in [3.63, 3.8) is 0 Å². The first-order valence-electron chi connectivity index (χ1n) is 4.38. The first kappa shape index (κ1) is 7.49. The van der Waals surface area contributed by atoms with Gasteiger partial charge in [0.05, 0.1) is 17.8 Å². The first-order valence-corrected chi connectivity index (χ1v) is 4.38. The van der Waals surface area contributed by atoms with Crippen molar-refractivity contribution < 1.29 is 14.8 Å². The summed E-state index contributed by atoms with van der Waals surface area (Å²) in [5.74, 6) is -1.20. The molecule has 0 amide bonds. The molecule has 9 nitrogen and oxygen atoms in total.